The highest BCUT2D eigenvalue weighted by Crippen LogP contribution is 2.26. The molecular weight excluding hydrogens is 515 g/mol. The summed E-state index contributed by atoms with van der Waals surface area (Å²) in [6.45, 7) is -0.921. The van der Waals surface area contributed by atoms with Crippen molar-refractivity contribution in [2.24, 2.45) is 0 Å². The molecule has 37 heavy (non-hydrogen) atoms. The summed E-state index contributed by atoms with van der Waals surface area (Å²) in [7, 11) is 0. The Morgan fingerprint density at radius 1 is 1.00 bits per heavy atom. The molecule has 0 saturated heterocycles. The molecule has 0 fully saturated rings. The van der Waals surface area contributed by atoms with Crippen LogP contribution in [0.2, 0.25) is 5.02 Å². The van der Waals surface area contributed by atoms with Crippen molar-refractivity contribution in [3.05, 3.63) is 120 Å². The molecular formula is C23H15ClF3N7O3. The molecule has 2 N–H and O–H groups in total. The average molecular weight is 530 g/mol. The van der Waals surface area contributed by atoms with E-state index in [1.165, 1.54) is 35.2 Å². The van der Waals surface area contributed by atoms with Gasteiger partial charge in [-0.1, -0.05) is 17.7 Å². The van der Waals surface area contributed by atoms with Crippen molar-refractivity contribution in [1.82, 2.24) is 28.7 Å². The number of fused-ring (bicyclic) bond motifs is 1. The first-order valence-electron chi connectivity index (χ1n) is 10.6. The highest BCUT2D eigenvalue weighted by molar-refractivity contribution is 6.33. The number of aromatic nitrogens is 6. The first kappa shape index (κ1) is 24.1. The molecule has 0 atom stereocenters. The SMILES string of the molecule is O=c1[nH]cccc1Cn1c(=O)nc(Nc2cc3ccnn3cc2Cl)n(Cc2cc(F)c(F)c(F)c2)c1=O. The Labute approximate surface area is 209 Å². The number of H-pyrrole nitrogens is 1. The topological polar surface area (TPSA) is 119 Å². The van der Waals surface area contributed by atoms with E-state index < -0.39 is 47.5 Å². The maximum atomic E-state index is 13.9. The number of aromatic amines is 1. The van der Waals surface area contributed by atoms with Crippen LogP contribution in [0.15, 0.2) is 69.4 Å². The van der Waals surface area contributed by atoms with Crippen molar-refractivity contribution in [2.75, 3.05) is 5.32 Å². The lowest BCUT2D eigenvalue weighted by molar-refractivity contribution is 0.444. The van der Waals surface area contributed by atoms with Crippen LogP contribution in [0.5, 0.6) is 0 Å². The zero-order valence-electron chi connectivity index (χ0n) is 18.6. The van der Waals surface area contributed by atoms with E-state index in [-0.39, 0.29) is 27.8 Å². The maximum absolute atomic E-state index is 13.9. The van der Waals surface area contributed by atoms with Crippen LogP contribution in [0.25, 0.3) is 5.52 Å². The molecule has 0 unspecified atom stereocenters. The smallest absolute Gasteiger partial charge is 0.329 e. The first-order valence-corrected chi connectivity index (χ1v) is 11.0. The van der Waals surface area contributed by atoms with Gasteiger partial charge in [0.1, 0.15) is 0 Å². The molecule has 5 rings (SSSR count). The van der Waals surface area contributed by atoms with Crippen molar-refractivity contribution in [3.63, 3.8) is 0 Å². The van der Waals surface area contributed by atoms with Gasteiger partial charge in [0.25, 0.3) is 5.56 Å². The quantitative estimate of drug-likeness (QED) is 0.326. The predicted molar refractivity (Wildman–Crippen MR) is 128 cm³/mol. The van der Waals surface area contributed by atoms with E-state index in [2.05, 4.69) is 20.4 Å². The number of nitrogens with zero attached hydrogens (tertiary/aromatic N) is 5. The Morgan fingerprint density at radius 2 is 1.76 bits per heavy atom. The lowest BCUT2D eigenvalue weighted by Crippen LogP contribution is -2.43. The van der Waals surface area contributed by atoms with E-state index in [1.54, 1.807) is 12.1 Å². The van der Waals surface area contributed by atoms with Crippen LogP contribution in [0.4, 0.5) is 24.8 Å². The van der Waals surface area contributed by atoms with Crippen molar-refractivity contribution in [1.29, 1.82) is 0 Å². The van der Waals surface area contributed by atoms with E-state index in [0.29, 0.717) is 10.1 Å². The standard InChI is InChI=1S/C23H15ClF3N7O3/c24-15-11-34-14(3-5-29-34)8-18(15)30-21-31-22(36)33(10-13-2-1-4-28-20(13)35)23(37)32(21)9-12-6-16(25)19(27)17(26)7-12/h1-8,11H,9-10H2,(H,28,35)(H,30,31,36). The maximum Gasteiger partial charge on any atom is 0.355 e. The van der Waals surface area contributed by atoms with Crippen molar-refractivity contribution < 1.29 is 13.2 Å². The molecule has 0 aliphatic carbocycles. The summed E-state index contributed by atoms with van der Waals surface area (Å²) in [4.78, 5) is 44.8. The van der Waals surface area contributed by atoms with Gasteiger partial charge in [-0.2, -0.15) is 10.1 Å². The second kappa shape index (κ2) is 9.43. The third-order valence-corrected chi connectivity index (χ3v) is 5.80. The Balaban J connectivity index is 1.65. The fraction of sp³-hybridized carbons (Fsp3) is 0.0870. The summed E-state index contributed by atoms with van der Waals surface area (Å²) in [5.41, 5.74) is -1.61. The molecule has 10 nitrogen and oxygen atoms in total. The largest absolute Gasteiger partial charge is 0.355 e. The number of rotatable bonds is 6. The number of halogens is 4. The Hall–Kier alpha value is -4.65. The monoisotopic (exact) mass is 529 g/mol. The van der Waals surface area contributed by atoms with Gasteiger partial charge in [-0.25, -0.2) is 31.8 Å². The van der Waals surface area contributed by atoms with Crippen molar-refractivity contribution >= 4 is 28.8 Å². The number of anilines is 2. The normalized spacial score (nSPS) is 11.2. The van der Waals surface area contributed by atoms with Gasteiger partial charge >= 0.3 is 11.4 Å². The molecule has 0 aliphatic heterocycles. The van der Waals surface area contributed by atoms with Crippen LogP contribution in [0.3, 0.4) is 0 Å². The Bertz CT molecular complexity index is 1820. The Kier molecular flexibility index (Phi) is 6.13. The van der Waals surface area contributed by atoms with Gasteiger partial charge in [0.2, 0.25) is 5.95 Å². The van der Waals surface area contributed by atoms with Crippen LogP contribution in [-0.4, -0.2) is 28.7 Å². The minimum Gasteiger partial charge on any atom is -0.329 e. The zero-order valence-corrected chi connectivity index (χ0v) is 19.3. The second-order valence-electron chi connectivity index (χ2n) is 7.93. The average Bonchev–Trinajstić information content (AvgIpc) is 3.31. The third-order valence-electron chi connectivity index (χ3n) is 5.49. The van der Waals surface area contributed by atoms with E-state index in [1.807, 2.05) is 0 Å². The number of benzene rings is 1. The van der Waals surface area contributed by atoms with Gasteiger partial charge in [0.15, 0.2) is 17.5 Å². The van der Waals surface area contributed by atoms with E-state index >= 15 is 0 Å². The van der Waals surface area contributed by atoms with E-state index in [9.17, 15) is 27.6 Å². The third kappa shape index (κ3) is 4.63. The molecule has 0 aliphatic rings. The van der Waals surface area contributed by atoms with Gasteiger partial charge in [-0.15, -0.1) is 0 Å². The molecule has 0 spiro atoms. The molecule has 4 aromatic heterocycles. The van der Waals surface area contributed by atoms with E-state index in [4.69, 9.17) is 11.6 Å². The summed E-state index contributed by atoms with van der Waals surface area (Å²) >= 11 is 6.32. The molecule has 188 valence electrons. The molecule has 0 amide bonds. The van der Waals surface area contributed by atoms with Crippen molar-refractivity contribution in [2.45, 2.75) is 13.1 Å². The molecule has 0 bridgehead atoms. The van der Waals surface area contributed by atoms with Crippen LogP contribution in [-0.2, 0) is 13.1 Å². The van der Waals surface area contributed by atoms with Crippen LogP contribution < -0.4 is 22.3 Å². The molecule has 14 heteroatoms. The lowest BCUT2D eigenvalue weighted by atomic mass is 10.2. The Morgan fingerprint density at radius 3 is 2.49 bits per heavy atom. The summed E-state index contributed by atoms with van der Waals surface area (Å²) in [5, 5.41) is 7.03. The minimum absolute atomic E-state index is 0.101. The number of pyridine rings is 2. The lowest BCUT2D eigenvalue weighted by Gasteiger charge is -2.16. The molecule has 4 heterocycles. The first-order chi connectivity index (χ1) is 17.7. The summed E-state index contributed by atoms with van der Waals surface area (Å²) in [6.07, 6.45) is 4.40. The number of nitrogens with one attached hydrogen (secondary N) is 2. The summed E-state index contributed by atoms with van der Waals surface area (Å²) in [5.74, 6) is -4.88. The highest BCUT2D eigenvalue weighted by Gasteiger charge is 2.18. The number of hydrogen-bond donors (Lipinski definition) is 2. The molecule has 5 aromatic rings. The van der Waals surface area contributed by atoms with Gasteiger partial charge in [0.05, 0.1) is 29.3 Å². The van der Waals surface area contributed by atoms with Gasteiger partial charge in [0, 0.05) is 24.2 Å². The molecule has 0 radical (unpaired) electrons. The van der Waals surface area contributed by atoms with Crippen molar-refractivity contribution in [3.8, 4) is 0 Å². The fourth-order valence-electron chi connectivity index (χ4n) is 3.69. The fourth-order valence-corrected chi connectivity index (χ4v) is 3.89. The number of hydrogen-bond acceptors (Lipinski definition) is 6. The van der Waals surface area contributed by atoms with Gasteiger partial charge in [-0.3, -0.25) is 9.36 Å². The second-order valence-corrected chi connectivity index (χ2v) is 8.34. The predicted octanol–water partition coefficient (Wildman–Crippen LogP) is 2.65. The van der Waals surface area contributed by atoms with Gasteiger partial charge < -0.3 is 10.3 Å². The molecule has 0 saturated carbocycles. The van der Waals surface area contributed by atoms with Crippen LogP contribution in [0.1, 0.15) is 11.1 Å². The van der Waals surface area contributed by atoms with E-state index in [0.717, 1.165) is 16.7 Å². The van der Waals surface area contributed by atoms with Gasteiger partial charge in [-0.05, 0) is 35.9 Å². The highest BCUT2D eigenvalue weighted by atomic mass is 35.5. The summed E-state index contributed by atoms with van der Waals surface area (Å²) < 4.78 is 44.4. The van der Waals surface area contributed by atoms with Crippen LogP contribution in [0, 0.1) is 17.5 Å². The minimum atomic E-state index is -1.67. The van der Waals surface area contributed by atoms with Crippen LogP contribution >= 0.6 is 11.6 Å². The summed E-state index contributed by atoms with van der Waals surface area (Å²) in [6, 6.07) is 7.64. The zero-order chi connectivity index (χ0) is 26.3. The molecule has 1 aromatic carbocycles.